The number of methoxy groups -OCH3 is 1. The Morgan fingerprint density at radius 3 is 2.43 bits per heavy atom. The average Bonchev–Trinajstić information content (AvgIpc) is 3.08. The van der Waals surface area contributed by atoms with Crippen molar-refractivity contribution in [2.24, 2.45) is 0 Å². The summed E-state index contributed by atoms with van der Waals surface area (Å²) >= 11 is 0. The van der Waals surface area contributed by atoms with Crippen molar-refractivity contribution in [3.8, 4) is 11.8 Å². The third-order valence-electron chi connectivity index (χ3n) is 4.53. The SMILES string of the molecule is COC(=O)c1c(N)c(C#N)cn1-c1c(CC(=O)O)cccc1C(=O)c1ccccc1. The topological polar surface area (TPSA) is 135 Å². The van der Waals surface area contributed by atoms with Gasteiger partial charge in [0, 0.05) is 17.3 Å². The van der Waals surface area contributed by atoms with Crippen LogP contribution in [0.25, 0.3) is 5.69 Å². The summed E-state index contributed by atoms with van der Waals surface area (Å²) in [6, 6.07) is 14.9. The number of para-hydroxylation sites is 1. The number of ether oxygens (including phenoxy) is 1. The molecule has 3 aromatic rings. The van der Waals surface area contributed by atoms with Crippen LogP contribution in [0.4, 0.5) is 5.69 Å². The van der Waals surface area contributed by atoms with Crippen LogP contribution in [0.15, 0.2) is 54.7 Å². The second-order valence-electron chi connectivity index (χ2n) is 6.36. The van der Waals surface area contributed by atoms with Gasteiger partial charge in [-0.15, -0.1) is 0 Å². The Kier molecular flexibility index (Phi) is 5.65. The van der Waals surface area contributed by atoms with Crippen LogP contribution in [0.1, 0.15) is 37.5 Å². The number of nitrogens with two attached hydrogens (primary N) is 1. The van der Waals surface area contributed by atoms with E-state index in [1.54, 1.807) is 36.4 Å². The first-order valence-corrected chi connectivity index (χ1v) is 8.82. The number of nitrogen functional groups attached to an aromatic ring is 1. The molecule has 0 aliphatic carbocycles. The maximum absolute atomic E-state index is 13.2. The van der Waals surface area contributed by atoms with Gasteiger partial charge in [-0.2, -0.15) is 5.26 Å². The lowest BCUT2D eigenvalue weighted by atomic mass is 9.97. The highest BCUT2D eigenvalue weighted by Crippen LogP contribution is 2.30. The number of benzene rings is 2. The second-order valence-corrected chi connectivity index (χ2v) is 6.36. The molecule has 1 aromatic heterocycles. The summed E-state index contributed by atoms with van der Waals surface area (Å²) in [6.07, 6.45) is 0.885. The van der Waals surface area contributed by atoms with Gasteiger partial charge < -0.3 is 20.1 Å². The van der Waals surface area contributed by atoms with E-state index in [1.807, 2.05) is 6.07 Å². The Morgan fingerprint density at radius 1 is 1.13 bits per heavy atom. The van der Waals surface area contributed by atoms with Crippen LogP contribution in [-0.4, -0.2) is 34.5 Å². The Balaban J connectivity index is 2.36. The molecular weight excluding hydrogens is 386 g/mol. The summed E-state index contributed by atoms with van der Waals surface area (Å²) in [5.74, 6) is -2.32. The van der Waals surface area contributed by atoms with Gasteiger partial charge in [0.05, 0.1) is 30.5 Å². The quantitative estimate of drug-likeness (QED) is 0.477. The Hall–Kier alpha value is -4.38. The van der Waals surface area contributed by atoms with Crippen LogP contribution >= 0.6 is 0 Å². The lowest BCUT2D eigenvalue weighted by Crippen LogP contribution is -2.17. The number of rotatable bonds is 6. The smallest absolute Gasteiger partial charge is 0.357 e. The van der Waals surface area contributed by atoms with E-state index in [0.29, 0.717) is 5.56 Å². The molecule has 0 aliphatic heterocycles. The van der Waals surface area contributed by atoms with E-state index in [-0.39, 0.29) is 39.5 Å². The van der Waals surface area contributed by atoms with Crippen LogP contribution < -0.4 is 5.73 Å². The Labute approximate surface area is 171 Å². The van der Waals surface area contributed by atoms with Crippen molar-refractivity contribution >= 4 is 23.4 Å². The largest absolute Gasteiger partial charge is 0.481 e. The molecule has 1 heterocycles. The van der Waals surface area contributed by atoms with E-state index in [9.17, 15) is 24.8 Å². The summed E-state index contributed by atoms with van der Waals surface area (Å²) in [7, 11) is 1.16. The third kappa shape index (κ3) is 3.64. The van der Waals surface area contributed by atoms with E-state index in [1.165, 1.54) is 22.9 Å². The number of carboxylic acid groups (broad SMARTS) is 1. The van der Waals surface area contributed by atoms with Crippen LogP contribution in [-0.2, 0) is 16.0 Å². The highest BCUT2D eigenvalue weighted by Gasteiger charge is 2.27. The number of aromatic nitrogens is 1. The van der Waals surface area contributed by atoms with E-state index < -0.39 is 18.4 Å². The van der Waals surface area contributed by atoms with Gasteiger partial charge in [0.15, 0.2) is 11.5 Å². The zero-order valence-corrected chi connectivity index (χ0v) is 16.0. The molecule has 3 rings (SSSR count). The Morgan fingerprint density at radius 2 is 1.83 bits per heavy atom. The molecule has 0 atom stereocenters. The molecule has 0 radical (unpaired) electrons. The van der Waals surface area contributed by atoms with Crippen molar-refractivity contribution in [3.63, 3.8) is 0 Å². The average molecular weight is 403 g/mol. The van der Waals surface area contributed by atoms with Crippen LogP contribution in [0, 0.1) is 11.3 Å². The van der Waals surface area contributed by atoms with E-state index in [2.05, 4.69) is 0 Å². The fourth-order valence-electron chi connectivity index (χ4n) is 3.20. The van der Waals surface area contributed by atoms with E-state index >= 15 is 0 Å². The van der Waals surface area contributed by atoms with Gasteiger partial charge in [-0.1, -0.05) is 42.5 Å². The fourth-order valence-corrected chi connectivity index (χ4v) is 3.20. The molecule has 30 heavy (non-hydrogen) atoms. The van der Waals surface area contributed by atoms with Gasteiger partial charge in [0.25, 0.3) is 0 Å². The van der Waals surface area contributed by atoms with Crippen LogP contribution in [0.5, 0.6) is 0 Å². The monoisotopic (exact) mass is 403 g/mol. The highest BCUT2D eigenvalue weighted by molar-refractivity contribution is 6.12. The van der Waals surface area contributed by atoms with Gasteiger partial charge in [-0.25, -0.2) is 4.79 Å². The normalized spacial score (nSPS) is 10.3. The maximum Gasteiger partial charge on any atom is 0.357 e. The molecular formula is C22H17N3O5. The maximum atomic E-state index is 13.2. The lowest BCUT2D eigenvalue weighted by molar-refractivity contribution is -0.136. The summed E-state index contributed by atoms with van der Waals surface area (Å²) in [5.41, 5.74) is 6.66. The van der Waals surface area contributed by atoms with E-state index in [4.69, 9.17) is 10.5 Å². The fraction of sp³-hybridized carbons (Fsp3) is 0.0909. The van der Waals surface area contributed by atoms with Crippen LogP contribution in [0.3, 0.4) is 0 Å². The number of carbonyl (C=O) groups excluding carboxylic acids is 2. The minimum absolute atomic E-state index is 0.00126. The first kappa shape index (κ1) is 20.4. The van der Waals surface area contributed by atoms with Gasteiger partial charge in [-0.05, 0) is 11.6 Å². The zero-order valence-electron chi connectivity index (χ0n) is 16.0. The first-order valence-electron chi connectivity index (χ1n) is 8.82. The molecule has 3 N–H and O–H groups in total. The molecule has 8 heteroatoms. The Bertz CT molecular complexity index is 1190. The predicted molar refractivity (Wildman–Crippen MR) is 107 cm³/mol. The first-order chi connectivity index (χ1) is 14.4. The zero-order chi connectivity index (χ0) is 21.8. The molecule has 0 amide bonds. The summed E-state index contributed by atoms with van der Waals surface area (Å²) in [4.78, 5) is 37.1. The summed E-state index contributed by atoms with van der Waals surface area (Å²) in [6.45, 7) is 0. The van der Waals surface area contributed by atoms with E-state index in [0.717, 1.165) is 7.11 Å². The van der Waals surface area contributed by atoms with Crippen molar-refractivity contribution < 1.29 is 24.2 Å². The minimum Gasteiger partial charge on any atom is -0.481 e. The van der Waals surface area contributed by atoms with Crippen molar-refractivity contribution in [2.75, 3.05) is 12.8 Å². The summed E-state index contributed by atoms with van der Waals surface area (Å²) < 4.78 is 6.05. The highest BCUT2D eigenvalue weighted by atomic mass is 16.5. The number of aliphatic carboxylic acids is 1. The number of ketones is 1. The van der Waals surface area contributed by atoms with Crippen molar-refractivity contribution in [1.82, 2.24) is 4.57 Å². The molecule has 150 valence electrons. The lowest BCUT2D eigenvalue weighted by Gasteiger charge is -2.17. The molecule has 0 unspecified atom stereocenters. The standard InChI is InChI=1S/C22H17N3O5/c1-30-22(29)20-18(24)15(11-23)12-25(20)19-14(10-17(26)27)8-5-9-16(19)21(28)13-6-3-2-4-7-13/h2-9,12H,10,24H2,1H3,(H,26,27). The predicted octanol–water partition coefficient (Wildman–Crippen LogP) is 2.58. The third-order valence-corrected chi connectivity index (χ3v) is 4.53. The van der Waals surface area contributed by atoms with Crippen molar-refractivity contribution in [2.45, 2.75) is 6.42 Å². The van der Waals surface area contributed by atoms with Gasteiger partial charge >= 0.3 is 11.9 Å². The summed E-state index contributed by atoms with van der Waals surface area (Å²) in [5, 5.41) is 18.7. The number of anilines is 1. The molecule has 0 aliphatic rings. The van der Waals surface area contributed by atoms with Gasteiger partial charge in [-0.3, -0.25) is 9.59 Å². The number of carboxylic acids is 1. The molecule has 0 bridgehead atoms. The molecule has 0 fully saturated rings. The number of carbonyl (C=O) groups is 3. The molecule has 2 aromatic carbocycles. The van der Waals surface area contributed by atoms with Gasteiger partial charge in [0.1, 0.15) is 6.07 Å². The molecule has 0 saturated carbocycles. The number of nitriles is 1. The van der Waals surface area contributed by atoms with Crippen molar-refractivity contribution in [3.05, 3.63) is 82.7 Å². The van der Waals surface area contributed by atoms with Crippen LogP contribution in [0.2, 0.25) is 0 Å². The number of esters is 1. The molecule has 0 saturated heterocycles. The number of hydrogen-bond acceptors (Lipinski definition) is 6. The van der Waals surface area contributed by atoms with Gasteiger partial charge in [0.2, 0.25) is 0 Å². The minimum atomic E-state index is -1.12. The number of hydrogen-bond donors (Lipinski definition) is 2. The van der Waals surface area contributed by atoms with Crippen molar-refractivity contribution in [1.29, 1.82) is 5.26 Å². The second kappa shape index (κ2) is 8.32. The molecule has 8 nitrogen and oxygen atoms in total. The molecule has 0 spiro atoms. The number of nitrogens with zero attached hydrogens (tertiary/aromatic N) is 2.